The van der Waals surface area contributed by atoms with Crippen LogP contribution >= 0.6 is 0 Å². The first-order valence-electron chi connectivity index (χ1n) is 9.00. The number of carbonyl (C=O) groups is 3. The molecule has 1 aliphatic heterocycles. The highest BCUT2D eigenvalue weighted by Gasteiger charge is 2.30. The van der Waals surface area contributed by atoms with Crippen LogP contribution in [0, 0.1) is 5.41 Å². The lowest BCUT2D eigenvalue weighted by Gasteiger charge is -2.29. The molecular formula is C20H27NO6. The highest BCUT2D eigenvalue weighted by atomic mass is 16.7. The zero-order valence-corrected chi connectivity index (χ0v) is 16.5. The van der Waals surface area contributed by atoms with E-state index >= 15 is 0 Å². The van der Waals surface area contributed by atoms with Crippen LogP contribution in [-0.2, 0) is 14.3 Å². The fraction of sp³-hybridized carbons (Fsp3) is 0.550. The second-order valence-corrected chi connectivity index (χ2v) is 7.47. The van der Waals surface area contributed by atoms with Crippen molar-refractivity contribution in [3.05, 3.63) is 23.8 Å². The van der Waals surface area contributed by atoms with Crippen molar-refractivity contribution in [2.24, 2.45) is 5.41 Å². The summed E-state index contributed by atoms with van der Waals surface area (Å²) in [6.07, 6.45) is 0.463. The molecule has 27 heavy (non-hydrogen) atoms. The third-order valence-electron chi connectivity index (χ3n) is 4.55. The number of benzene rings is 1. The van der Waals surface area contributed by atoms with Gasteiger partial charge in [-0.25, -0.2) is 0 Å². The van der Waals surface area contributed by atoms with Crippen LogP contribution in [0.5, 0.6) is 11.5 Å². The van der Waals surface area contributed by atoms with Crippen LogP contribution in [-0.4, -0.2) is 49.0 Å². The number of hydrogen-bond donors (Lipinski definition) is 0. The first-order valence-corrected chi connectivity index (χ1v) is 9.00. The summed E-state index contributed by atoms with van der Waals surface area (Å²) in [7, 11) is 1.60. The number of ether oxygens (including phenoxy) is 3. The maximum atomic E-state index is 12.8. The van der Waals surface area contributed by atoms with Gasteiger partial charge in [0.05, 0.1) is 12.6 Å². The van der Waals surface area contributed by atoms with E-state index < -0.39 is 11.5 Å². The highest BCUT2D eigenvalue weighted by molar-refractivity contribution is 6.02. The molecule has 1 heterocycles. The molecule has 0 saturated heterocycles. The van der Waals surface area contributed by atoms with Gasteiger partial charge in [0.25, 0.3) is 0 Å². The van der Waals surface area contributed by atoms with E-state index in [9.17, 15) is 14.4 Å². The molecule has 7 heteroatoms. The Kier molecular flexibility index (Phi) is 6.46. The van der Waals surface area contributed by atoms with Crippen LogP contribution in [0.3, 0.4) is 0 Å². The number of esters is 1. The standard InChI is InChI=1S/C20H27NO6/c1-6-18(23)25-11-20(3,4)10-17(22)21(5)13(2)19(24)14-7-8-15-16(9-14)27-12-26-15/h7-9,13H,6,10-12H2,1-5H3/t13-/m1/s1. The second-order valence-electron chi connectivity index (χ2n) is 7.47. The topological polar surface area (TPSA) is 82.1 Å². The van der Waals surface area contributed by atoms with Gasteiger partial charge in [0.15, 0.2) is 17.3 Å². The van der Waals surface area contributed by atoms with Crippen LogP contribution in [0.25, 0.3) is 0 Å². The fourth-order valence-electron chi connectivity index (χ4n) is 2.65. The second kappa shape index (κ2) is 8.41. The van der Waals surface area contributed by atoms with Crippen molar-refractivity contribution in [3.63, 3.8) is 0 Å². The highest BCUT2D eigenvalue weighted by Crippen LogP contribution is 2.33. The van der Waals surface area contributed by atoms with Gasteiger partial charge >= 0.3 is 5.97 Å². The van der Waals surface area contributed by atoms with Crippen molar-refractivity contribution in [1.82, 2.24) is 4.90 Å². The van der Waals surface area contributed by atoms with Gasteiger partial charge < -0.3 is 19.1 Å². The molecule has 148 valence electrons. The molecule has 0 N–H and O–H groups in total. The Labute approximate surface area is 159 Å². The van der Waals surface area contributed by atoms with Crippen molar-refractivity contribution < 1.29 is 28.6 Å². The summed E-state index contributed by atoms with van der Waals surface area (Å²) in [6.45, 7) is 7.41. The largest absolute Gasteiger partial charge is 0.465 e. The van der Waals surface area contributed by atoms with E-state index in [1.54, 1.807) is 39.1 Å². The number of fused-ring (bicyclic) bond motifs is 1. The summed E-state index contributed by atoms with van der Waals surface area (Å²) in [4.78, 5) is 38.1. The molecule has 0 bridgehead atoms. The number of hydrogen-bond acceptors (Lipinski definition) is 6. The van der Waals surface area contributed by atoms with Crippen molar-refractivity contribution in [1.29, 1.82) is 0 Å². The lowest BCUT2D eigenvalue weighted by atomic mass is 9.89. The molecule has 0 saturated carbocycles. The van der Waals surface area contributed by atoms with E-state index in [1.165, 1.54) is 4.90 Å². The Balaban J connectivity index is 1.98. The summed E-state index contributed by atoms with van der Waals surface area (Å²) in [5.41, 5.74) is -0.0555. The predicted molar refractivity (Wildman–Crippen MR) is 98.8 cm³/mol. The number of Topliss-reactive ketones (excluding diaryl/α,β-unsaturated/α-hetero) is 1. The quantitative estimate of drug-likeness (QED) is 0.512. The van der Waals surface area contributed by atoms with E-state index in [2.05, 4.69) is 0 Å². The number of rotatable bonds is 8. The predicted octanol–water partition coefficient (Wildman–Crippen LogP) is 2.81. The number of ketones is 1. The lowest BCUT2D eigenvalue weighted by Crippen LogP contribution is -2.42. The van der Waals surface area contributed by atoms with E-state index in [0.29, 0.717) is 23.5 Å². The van der Waals surface area contributed by atoms with Crippen LogP contribution in [0.1, 0.15) is 50.9 Å². The number of likely N-dealkylation sites (N-methyl/N-ethyl adjacent to an activating group) is 1. The summed E-state index contributed by atoms with van der Waals surface area (Å²) in [6, 6.07) is 4.36. The van der Waals surface area contributed by atoms with Gasteiger partial charge in [0, 0.05) is 30.9 Å². The SMILES string of the molecule is CCC(=O)OCC(C)(C)CC(=O)N(C)[C@H](C)C(=O)c1ccc2c(c1)OCO2. The van der Waals surface area contributed by atoms with Crippen molar-refractivity contribution >= 4 is 17.7 Å². The van der Waals surface area contributed by atoms with Crippen LogP contribution in [0.2, 0.25) is 0 Å². The van der Waals surface area contributed by atoms with Crippen molar-refractivity contribution in [3.8, 4) is 11.5 Å². The van der Waals surface area contributed by atoms with Crippen molar-refractivity contribution in [2.75, 3.05) is 20.4 Å². The minimum atomic E-state index is -0.633. The molecular weight excluding hydrogens is 350 g/mol. The molecule has 1 aromatic carbocycles. The number of nitrogens with zero attached hydrogens (tertiary/aromatic N) is 1. The normalized spacial score (nSPS) is 13.8. The maximum Gasteiger partial charge on any atom is 0.305 e. The molecule has 0 aromatic heterocycles. The van der Waals surface area contributed by atoms with E-state index in [0.717, 1.165) is 0 Å². The zero-order chi connectivity index (χ0) is 20.2. The summed E-state index contributed by atoms with van der Waals surface area (Å²) in [5.74, 6) is 0.469. The average molecular weight is 377 g/mol. The molecule has 1 amide bonds. The molecule has 2 rings (SSSR count). The first kappa shape index (κ1) is 20.7. The summed E-state index contributed by atoms with van der Waals surface area (Å²) < 4.78 is 15.7. The Morgan fingerprint density at radius 1 is 1.22 bits per heavy atom. The third-order valence-corrected chi connectivity index (χ3v) is 4.55. The Hall–Kier alpha value is -2.57. The van der Waals surface area contributed by atoms with Crippen LogP contribution in [0.15, 0.2) is 18.2 Å². The zero-order valence-electron chi connectivity index (χ0n) is 16.5. The average Bonchev–Trinajstić information content (AvgIpc) is 3.11. The third kappa shape index (κ3) is 5.21. The van der Waals surface area contributed by atoms with Gasteiger partial charge in [0.1, 0.15) is 0 Å². The van der Waals surface area contributed by atoms with E-state index in [-0.39, 0.29) is 37.5 Å². The lowest BCUT2D eigenvalue weighted by molar-refractivity contribution is -0.148. The molecule has 1 atom stereocenters. The molecule has 1 aliphatic rings. The molecule has 0 fully saturated rings. The minimum Gasteiger partial charge on any atom is -0.465 e. The van der Waals surface area contributed by atoms with Crippen LogP contribution in [0.4, 0.5) is 0 Å². The summed E-state index contributed by atoms with van der Waals surface area (Å²) in [5, 5.41) is 0. The number of carbonyl (C=O) groups excluding carboxylic acids is 3. The molecule has 7 nitrogen and oxygen atoms in total. The Morgan fingerprint density at radius 2 is 1.89 bits per heavy atom. The van der Waals surface area contributed by atoms with Gasteiger partial charge in [0.2, 0.25) is 12.7 Å². The minimum absolute atomic E-state index is 0.138. The molecule has 0 radical (unpaired) electrons. The maximum absolute atomic E-state index is 12.8. The molecule has 1 aromatic rings. The van der Waals surface area contributed by atoms with Gasteiger partial charge in [-0.1, -0.05) is 20.8 Å². The van der Waals surface area contributed by atoms with Gasteiger partial charge in [-0.2, -0.15) is 0 Å². The van der Waals surface area contributed by atoms with Crippen LogP contribution < -0.4 is 9.47 Å². The summed E-state index contributed by atoms with van der Waals surface area (Å²) >= 11 is 0. The van der Waals surface area contributed by atoms with Gasteiger partial charge in [-0.05, 0) is 25.1 Å². The van der Waals surface area contributed by atoms with Gasteiger partial charge in [-0.3, -0.25) is 14.4 Å². The molecule has 0 spiro atoms. The van der Waals surface area contributed by atoms with Crippen molar-refractivity contribution in [2.45, 2.75) is 46.6 Å². The molecule has 0 unspecified atom stereocenters. The number of amides is 1. The fourth-order valence-corrected chi connectivity index (χ4v) is 2.65. The Morgan fingerprint density at radius 3 is 2.56 bits per heavy atom. The first-order chi connectivity index (χ1) is 12.6. The molecule has 0 aliphatic carbocycles. The Bertz CT molecular complexity index is 727. The van der Waals surface area contributed by atoms with Gasteiger partial charge in [-0.15, -0.1) is 0 Å². The van der Waals surface area contributed by atoms with E-state index in [4.69, 9.17) is 14.2 Å². The van der Waals surface area contributed by atoms with E-state index in [1.807, 2.05) is 13.8 Å². The monoisotopic (exact) mass is 377 g/mol. The smallest absolute Gasteiger partial charge is 0.305 e.